The van der Waals surface area contributed by atoms with Crippen molar-refractivity contribution < 1.29 is 17.6 Å². The highest BCUT2D eigenvalue weighted by Crippen LogP contribution is 2.47. The molecule has 1 fully saturated rings. The van der Waals surface area contributed by atoms with Gasteiger partial charge in [-0.3, -0.25) is 0 Å². The number of hydrogen-bond acceptors (Lipinski definition) is 3. The van der Waals surface area contributed by atoms with Gasteiger partial charge in [0.05, 0.1) is 16.8 Å². The van der Waals surface area contributed by atoms with Crippen molar-refractivity contribution in [1.82, 2.24) is 19.6 Å². The van der Waals surface area contributed by atoms with Gasteiger partial charge in [0.1, 0.15) is 28.9 Å². The smallest absolute Gasteiger partial charge is 0.237 e. The molecule has 0 unspecified atom stereocenters. The molecule has 0 aliphatic heterocycles. The van der Waals surface area contributed by atoms with Gasteiger partial charge in [-0.25, -0.2) is 17.6 Å². The molecule has 26 heavy (non-hydrogen) atoms. The van der Waals surface area contributed by atoms with Crippen molar-refractivity contribution in [1.29, 1.82) is 0 Å². The molecule has 136 valence electrons. The van der Waals surface area contributed by atoms with Gasteiger partial charge in [0.15, 0.2) is 5.67 Å². The van der Waals surface area contributed by atoms with Crippen LogP contribution >= 0.6 is 11.6 Å². The third-order valence-electron chi connectivity index (χ3n) is 4.71. The van der Waals surface area contributed by atoms with Crippen LogP contribution in [0, 0.1) is 17.5 Å². The Morgan fingerprint density at radius 3 is 2.31 bits per heavy atom. The second-order valence-electron chi connectivity index (χ2n) is 6.37. The van der Waals surface area contributed by atoms with Crippen LogP contribution in [0.3, 0.4) is 0 Å². The monoisotopic (exact) mass is 384 g/mol. The first-order valence-electron chi connectivity index (χ1n) is 8.14. The Morgan fingerprint density at radius 2 is 1.65 bits per heavy atom. The van der Waals surface area contributed by atoms with E-state index in [4.69, 9.17) is 11.6 Å². The molecule has 0 amide bonds. The van der Waals surface area contributed by atoms with Crippen molar-refractivity contribution in [3.05, 3.63) is 46.8 Å². The van der Waals surface area contributed by atoms with E-state index in [1.165, 1.54) is 0 Å². The average Bonchev–Trinajstić information content (AvgIpc) is 3.02. The van der Waals surface area contributed by atoms with Crippen molar-refractivity contribution >= 4 is 17.4 Å². The van der Waals surface area contributed by atoms with Crippen LogP contribution in [0.5, 0.6) is 0 Å². The molecule has 1 aliphatic rings. The molecule has 0 atom stereocenters. The third kappa shape index (κ3) is 2.63. The molecular formula is C17H13ClF4N4. The largest absolute Gasteiger partial charge is 0.253 e. The Labute approximate surface area is 150 Å². The highest BCUT2D eigenvalue weighted by molar-refractivity contribution is 6.32. The van der Waals surface area contributed by atoms with E-state index in [-0.39, 0.29) is 35.0 Å². The normalized spacial score (nSPS) is 17.0. The summed E-state index contributed by atoms with van der Waals surface area (Å²) in [5, 5.41) is 3.66. The molecule has 0 spiro atoms. The van der Waals surface area contributed by atoms with Crippen LogP contribution in [0.15, 0.2) is 18.5 Å². The molecule has 3 aromatic rings. The standard InChI is InChI=1S/C17H13ClF4N4/c18-15-13(12-10(20)6-9(19)7-11(12)21)14(17(22)4-2-1-3-5-17)26-16(25-15)23-8-24-26/h6-8H,1-5H2. The van der Waals surface area contributed by atoms with Crippen molar-refractivity contribution in [3.63, 3.8) is 0 Å². The van der Waals surface area contributed by atoms with Gasteiger partial charge in [0.2, 0.25) is 0 Å². The highest BCUT2D eigenvalue weighted by atomic mass is 35.5. The number of nitrogens with zero attached hydrogens (tertiary/aromatic N) is 4. The van der Waals surface area contributed by atoms with Gasteiger partial charge in [0.25, 0.3) is 5.78 Å². The van der Waals surface area contributed by atoms with E-state index < -0.39 is 28.7 Å². The van der Waals surface area contributed by atoms with Crippen LogP contribution < -0.4 is 0 Å². The number of fused-ring (bicyclic) bond motifs is 1. The van der Waals surface area contributed by atoms with Gasteiger partial charge in [-0.05, 0) is 25.7 Å². The van der Waals surface area contributed by atoms with E-state index in [2.05, 4.69) is 15.1 Å². The number of alkyl halides is 1. The van der Waals surface area contributed by atoms with Gasteiger partial charge in [-0.15, -0.1) is 0 Å². The lowest BCUT2D eigenvalue weighted by molar-refractivity contribution is 0.0986. The molecule has 0 saturated heterocycles. The Bertz CT molecular complexity index is 975. The minimum Gasteiger partial charge on any atom is -0.237 e. The first-order chi connectivity index (χ1) is 12.4. The lowest BCUT2D eigenvalue weighted by atomic mass is 9.81. The van der Waals surface area contributed by atoms with Gasteiger partial charge in [-0.1, -0.05) is 18.0 Å². The van der Waals surface area contributed by atoms with E-state index >= 15 is 4.39 Å². The predicted octanol–water partition coefficient (Wildman–Crippen LogP) is 4.99. The summed E-state index contributed by atoms with van der Waals surface area (Å²) >= 11 is 6.18. The molecule has 1 aromatic carbocycles. The van der Waals surface area contributed by atoms with Crippen LogP contribution in [-0.2, 0) is 5.67 Å². The molecule has 2 aromatic heterocycles. The molecule has 0 bridgehead atoms. The summed E-state index contributed by atoms with van der Waals surface area (Å²) in [6.07, 6.45) is 3.55. The Balaban J connectivity index is 2.10. The van der Waals surface area contributed by atoms with Crippen molar-refractivity contribution in [2.75, 3.05) is 0 Å². The molecule has 4 rings (SSSR count). The predicted molar refractivity (Wildman–Crippen MR) is 87.0 cm³/mol. The van der Waals surface area contributed by atoms with Crippen LogP contribution in [0.1, 0.15) is 37.8 Å². The fourth-order valence-corrected chi connectivity index (χ4v) is 3.84. The Morgan fingerprint density at radius 1 is 1.00 bits per heavy atom. The Kier molecular flexibility index (Phi) is 4.10. The summed E-state index contributed by atoms with van der Waals surface area (Å²) in [6, 6.07) is 1.05. The summed E-state index contributed by atoms with van der Waals surface area (Å²) in [7, 11) is 0. The van der Waals surface area contributed by atoms with Crippen molar-refractivity contribution in [3.8, 4) is 11.1 Å². The fraction of sp³-hybridized carbons (Fsp3) is 0.353. The summed E-state index contributed by atoms with van der Waals surface area (Å²) in [5.74, 6) is -3.43. The highest BCUT2D eigenvalue weighted by Gasteiger charge is 2.41. The lowest BCUT2D eigenvalue weighted by Crippen LogP contribution is -2.28. The van der Waals surface area contributed by atoms with E-state index in [9.17, 15) is 13.2 Å². The molecule has 2 heterocycles. The van der Waals surface area contributed by atoms with Crippen LogP contribution in [0.2, 0.25) is 5.15 Å². The van der Waals surface area contributed by atoms with E-state index in [0.29, 0.717) is 25.0 Å². The zero-order chi connectivity index (χ0) is 18.5. The van der Waals surface area contributed by atoms with E-state index in [0.717, 1.165) is 17.3 Å². The topological polar surface area (TPSA) is 43.1 Å². The van der Waals surface area contributed by atoms with Gasteiger partial charge in [0, 0.05) is 12.1 Å². The van der Waals surface area contributed by atoms with Crippen molar-refractivity contribution in [2.24, 2.45) is 0 Å². The van der Waals surface area contributed by atoms with Gasteiger partial charge >= 0.3 is 0 Å². The lowest BCUT2D eigenvalue weighted by Gasteiger charge is -2.31. The number of halogens is 5. The second kappa shape index (κ2) is 6.19. The first-order valence-corrected chi connectivity index (χ1v) is 8.52. The summed E-state index contributed by atoms with van der Waals surface area (Å²) in [5.41, 5.74) is -2.89. The molecule has 1 saturated carbocycles. The number of hydrogen-bond donors (Lipinski definition) is 0. The zero-order valence-corrected chi connectivity index (χ0v) is 14.2. The fourth-order valence-electron chi connectivity index (χ4n) is 3.58. The number of benzene rings is 1. The van der Waals surface area contributed by atoms with Crippen LogP contribution in [-0.4, -0.2) is 19.6 Å². The molecule has 1 aliphatic carbocycles. The minimum atomic E-state index is -1.90. The third-order valence-corrected chi connectivity index (χ3v) is 4.98. The van der Waals surface area contributed by atoms with Gasteiger partial charge in [-0.2, -0.15) is 19.6 Å². The molecule has 0 radical (unpaired) electrons. The van der Waals surface area contributed by atoms with Crippen molar-refractivity contribution in [2.45, 2.75) is 37.8 Å². The quantitative estimate of drug-likeness (QED) is 0.461. The maximum atomic E-state index is 15.9. The molecule has 4 nitrogen and oxygen atoms in total. The van der Waals surface area contributed by atoms with E-state index in [1.807, 2.05) is 0 Å². The number of aromatic nitrogens is 4. The summed E-state index contributed by atoms with van der Waals surface area (Å²) in [4.78, 5) is 7.87. The maximum Gasteiger partial charge on any atom is 0.253 e. The molecule has 9 heteroatoms. The van der Waals surface area contributed by atoms with E-state index in [1.54, 1.807) is 0 Å². The first kappa shape index (κ1) is 17.2. The SMILES string of the molecule is Fc1cc(F)c(-c2c(Cl)nc3ncnn3c2C2(F)CCCCC2)c(F)c1. The van der Waals surface area contributed by atoms with Gasteiger partial charge < -0.3 is 0 Å². The average molecular weight is 385 g/mol. The van der Waals surface area contributed by atoms with Crippen LogP contribution in [0.4, 0.5) is 17.6 Å². The molecule has 0 N–H and O–H groups in total. The molecular weight excluding hydrogens is 372 g/mol. The summed E-state index contributed by atoms with van der Waals surface area (Å²) in [6.45, 7) is 0. The second-order valence-corrected chi connectivity index (χ2v) is 6.73. The zero-order valence-electron chi connectivity index (χ0n) is 13.4. The summed E-state index contributed by atoms with van der Waals surface area (Å²) < 4.78 is 59.2. The maximum absolute atomic E-state index is 15.9. The minimum absolute atomic E-state index is 0.0271. The number of rotatable bonds is 2. The van der Waals surface area contributed by atoms with Crippen LogP contribution in [0.25, 0.3) is 16.9 Å². The Hall–Kier alpha value is -2.22.